The van der Waals surface area contributed by atoms with E-state index in [-0.39, 0.29) is 5.92 Å². The molecule has 0 aromatic heterocycles. The Kier molecular flexibility index (Phi) is 3.89. The zero-order valence-electron chi connectivity index (χ0n) is 8.39. The van der Waals surface area contributed by atoms with E-state index >= 15 is 0 Å². The van der Waals surface area contributed by atoms with Crippen molar-refractivity contribution in [1.29, 1.82) is 0 Å². The van der Waals surface area contributed by atoms with Crippen LogP contribution in [0.2, 0.25) is 0 Å². The first-order valence-corrected chi connectivity index (χ1v) is 5.06. The van der Waals surface area contributed by atoms with Crippen LogP contribution >= 0.6 is 0 Å². The lowest BCUT2D eigenvalue weighted by molar-refractivity contribution is 0.346. The average molecular weight is 188 g/mol. The zero-order chi connectivity index (χ0) is 9.84. The van der Waals surface area contributed by atoms with E-state index in [1.54, 1.807) is 0 Å². The predicted octanol–water partition coefficient (Wildman–Crippen LogP) is 3.68. The van der Waals surface area contributed by atoms with E-state index < -0.39 is 12.8 Å². The Balaban J connectivity index is 2.69. The molecule has 0 N–H and O–H groups in total. The minimum atomic E-state index is -0.985. The third-order valence-corrected chi connectivity index (χ3v) is 3.06. The van der Waals surface area contributed by atoms with Crippen molar-refractivity contribution in [2.75, 3.05) is 6.67 Å². The van der Waals surface area contributed by atoms with Gasteiger partial charge in [0.2, 0.25) is 0 Å². The molecule has 76 valence electrons. The Hall–Kier alpha value is -0.400. The molecule has 1 aliphatic carbocycles. The number of alkyl halides is 2. The molecule has 0 saturated heterocycles. The average Bonchev–Trinajstić information content (AvgIpc) is 2.47. The van der Waals surface area contributed by atoms with Crippen molar-refractivity contribution >= 4 is 0 Å². The van der Waals surface area contributed by atoms with E-state index in [1.165, 1.54) is 13.0 Å². The highest BCUT2D eigenvalue weighted by Crippen LogP contribution is 2.38. The molecule has 3 atom stereocenters. The second-order valence-electron chi connectivity index (χ2n) is 3.99. The second-order valence-corrected chi connectivity index (χ2v) is 3.99. The lowest BCUT2D eigenvalue weighted by atomic mass is 9.87. The molecule has 2 heteroatoms. The number of rotatable bonds is 3. The van der Waals surface area contributed by atoms with Gasteiger partial charge >= 0.3 is 0 Å². The fraction of sp³-hybridized carbons (Fsp3) is 0.818. The van der Waals surface area contributed by atoms with E-state index in [9.17, 15) is 8.78 Å². The standard InChI is InChI=1S/C11H18F2/c1-8-4-3-5-10(8)11(6-7-12)9(2)13/h6,8-10H,3-5,7H2,1-2H3/b11-6+/t8-,9+,10+/m1/s1. The Morgan fingerprint density at radius 3 is 2.62 bits per heavy atom. The second kappa shape index (κ2) is 4.73. The molecule has 0 aromatic carbocycles. The number of hydrogen-bond donors (Lipinski definition) is 0. The van der Waals surface area contributed by atoms with Crippen LogP contribution in [0.25, 0.3) is 0 Å². The van der Waals surface area contributed by atoms with Crippen molar-refractivity contribution in [3.05, 3.63) is 11.6 Å². The molecule has 1 aliphatic rings. The van der Waals surface area contributed by atoms with Gasteiger partial charge < -0.3 is 0 Å². The Bertz CT molecular complexity index is 185. The molecule has 1 saturated carbocycles. The van der Waals surface area contributed by atoms with E-state index in [0.717, 1.165) is 19.3 Å². The molecule has 0 spiro atoms. The largest absolute Gasteiger partial charge is 0.247 e. The Labute approximate surface area is 79.0 Å². The Morgan fingerprint density at radius 2 is 2.23 bits per heavy atom. The van der Waals surface area contributed by atoms with Crippen LogP contribution in [0.15, 0.2) is 11.6 Å². The van der Waals surface area contributed by atoms with Gasteiger partial charge in [0.25, 0.3) is 0 Å². The topological polar surface area (TPSA) is 0 Å². The van der Waals surface area contributed by atoms with Gasteiger partial charge in [-0.05, 0) is 30.8 Å². The Morgan fingerprint density at radius 1 is 1.54 bits per heavy atom. The van der Waals surface area contributed by atoms with Crippen molar-refractivity contribution in [3.63, 3.8) is 0 Å². The van der Waals surface area contributed by atoms with Crippen LogP contribution in [-0.2, 0) is 0 Å². The van der Waals surface area contributed by atoms with Gasteiger partial charge in [0, 0.05) is 0 Å². The summed E-state index contributed by atoms with van der Waals surface area (Å²) in [6.45, 7) is 3.10. The van der Waals surface area contributed by atoms with Gasteiger partial charge in [-0.3, -0.25) is 0 Å². The van der Waals surface area contributed by atoms with E-state index in [0.29, 0.717) is 11.5 Å². The summed E-state index contributed by atoms with van der Waals surface area (Å²) in [5.74, 6) is 0.812. The molecule has 0 heterocycles. The highest BCUT2D eigenvalue weighted by atomic mass is 19.1. The monoisotopic (exact) mass is 188 g/mol. The van der Waals surface area contributed by atoms with Gasteiger partial charge in [0.1, 0.15) is 12.8 Å². The molecule has 0 unspecified atom stereocenters. The molecule has 13 heavy (non-hydrogen) atoms. The molecular weight excluding hydrogens is 170 g/mol. The van der Waals surface area contributed by atoms with Gasteiger partial charge in [-0.2, -0.15) is 0 Å². The summed E-state index contributed by atoms with van der Waals surface area (Å²) >= 11 is 0. The molecule has 1 fully saturated rings. The van der Waals surface area contributed by atoms with Crippen molar-refractivity contribution < 1.29 is 8.78 Å². The van der Waals surface area contributed by atoms with Crippen molar-refractivity contribution in [2.45, 2.75) is 39.3 Å². The lowest BCUT2D eigenvalue weighted by Gasteiger charge is -2.20. The maximum absolute atomic E-state index is 13.1. The third kappa shape index (κ3) is 2.52. The van der Waals surface area contributed by atoms with Gasteiger partial charge in [-0.25, -0.2) is 8.78 Å². The minimum Gasteiger partial charge on any atom is -0.247 e. The molecule has 0 amide bonds. The summed E-state index contributed by atoms with van der Waals surface area (Å²) in [4.78, 5) is 0. The number of hydrogen-bond acceptors (Lipinski definition) is 0. The molecule has 0 bridgehead atoms. The first-order valence-electron chi connectivity index (χ1n) is 5.06. The van der Waals surface area contributed by atoms with Gasteiger partial charge in [-0.15, -0.1) is 0 Å². The number of halogens is 2. The van der Waals surface area contributed by atoms with Crippen LogP contribution < -0.4 is 0 Å². The smallest absolute Gasteiger partial charge is 0.119 e. The first kappa shape index (κ1) is 10.7. The molecule has 0 radical (unpaired) electrons. The minimum absolute atomic E-state index is 0.288. The molecule has 1 rings (SSSR count). The van der Waals surface area contributed by atoms with Gasteiger partial charge in [0.05, 0.1) is 0 Å². The van der Waals surface area contributed by atoms with E-state index in [1.807, 2.05) is 0 Å². The third-order valence-electron chi connectivity index (χ3n) is 3.06. The van der Waals surface area contributed by atoms with Crippen LogP contribution in [0.3, 0.4) is 0 Å². The molecule has 0 aliphatic heterocycles. The van der Waals surface area contributed by atoms with Crippen LogP contribution in [0, 0.1) is 11.8 Å². The quantitative estimate of drug-likeness (QED) is 0.593. The van der Waals surface area contributed by atoms with Gasteiger partial charge in [-0.1, -0.05) is 25.8 Å². The highest BCUT2D eigenvalue weighted by Gasteiger charge is 2.28. The van der Waals surface area contributed by atoms with Gasteiger partial charge in [0.15, 0.2) is 0 Å². The van der Waals surface area contributed by atoms with E-state index in [4.69, 9.17) is 0 Å². The SMILES string of the molecule is C[C@H](F)/C(=C\CF)[C@H]1CCC[C@H]1C. The first-order chi connectivity index (χ1) is 6.16. The summed E-state index contributed by atoms with van der Waals surface area (Å²) in [6, 6.07) is 0. The molecule has 0 aromatic rings. The van der Waals surface area contributed by atoms with E-state index in [2.05, 4.69) is 6.92 Å². The van der Waals surface area contributed by atoms with Crippen molar-refractivity contribution in [2.24, 2.45) is 11.8 Å². The normalized spacial score (nSPS) is 32.2. The molecular formula is C11H18F2. The van der Waals surface area contributed by atoms with Crippen LogP contribution in [0.1, 0.15) is 33.1 Å². The summed E-state index contributed by atoms with van der Waals surface area (Å²) < 4.78 is 25.3. The van der Waals surface area contributed by atoms with Crippen molar-refractivity contribution in [3.8, 4) is 0 Å². The summed E-state index contributed by atoms with van der Waals surface area (Å²) in [7, 11) is 0. The fourth-order valence-electron chi connectivity index (χ4n) is 2.34. The van der Waals surface area contributed by atoms with Crippen molar-refractivity contribution in [1.82, 2.24) is 0 Å². The van der Waals surface area contributed by atoms with Crippen LogP contribution in [0.4, 0.5) is 8.78 Å². The maximum atomic E-state index is 13.1. The summed E-state index contributed by atoms with van der Waals surface area (Å²) in [5.41, 5.74) is 0.688. The summed E-state index contributed by atoms with van der Waals surface area (Å²) in [5, 5.41) is 0. The van der Waals surface area contributed by atoms with Crippen LogP contribution in [0.5, 0.6) is 0 Å². The maximum Gasteiger partial charge on any atom is 0.119 e. The fourth-order valence-corrected chi connectivity index (χ4v) is 2.34. The number of allylic oxidation sites excluding steroid dienone is 2. The highest BCUT2D eigenvalue weighted by molar-refractivity contribution is 5.14. The lowest BCUT2D eigenvalue weighted by Crippen LogP contribution is -2.14. The van der Waals surface area contributed by atoms with Crippen LogP contribution in [-0.4, -0.2) is 12.8 Å². The predicted molar refractivity (Wildman–Crippen MR) is 51.1 cm³/mol. The summed E-state index contributed by atoms with van der Waals surface area (Å²) in [6.07, 6.45) is 3.78. The molecule has 0 nitrogen and oxygen atoms in total. The zero-order valence-corrected chi connectivity index (χ0v) is 8.39.